The minimum absolute atomic E-state index is 0.0166. The highest BCUT2D eigenvalue weighted by Crippen LogP contribution is 2.36. The van der Waals surface area contributed by atoms with Gasteiger partial charge >= 0.3 is 5.97 Å². The van der Waals surface area contributed by atoms with Gasteiger partial charge < -0.3 is 9.84 Å². The molecular weight excluding hydrogens is 326 g/mol. The van der Waals surface area contributed by atoms with E-state index >= 15 is 0 Å². The number of hydrogen-bond acceptors (Lipinski definition) is 4. The Kier molecular flexibility index (Phi) is 8.67. The van der Waals surface area contributed by atoms with E-state index < -0.39 is 12.1 Å². The molecular formula is C22H31NO3. The highest BCUT2D eigenvalue weighted by atomic mass is 16.5. The fourth-order valence-corrected chi connectivity index (χ4v) is 3.52. The Morgan fingerprint density at radius 2 is 1.88 bits per heavy atom. The van der Waals surface area contributed by atoms with Crippen molar-refractivity contribution in [3.63, 3.8) is 0 Å². The lowest BCUT2D eigenvalue weighted by molar-refractivity contribution is -0.152. The van der Waals surface area contributed by atoms with Gasteiger partial charge in [-0.2, -0.15) is 0 Å². The van der Waals surface area contributed by atoms with Crippen molar-refractivity contribution < 1.29 is 14.6 Å². The molecule has 1 unspecified atom stereocenters. The van der Waals surface area contributed by atoms with E-state index in [1.54, 1.807) is 0 Å². The summed E-state index contributed by atoms with van der Waals surface area (Å²) in [5, 5.41) is 10.5. The van der Waals surface area contributed by atoms with E-state index in [0.29, 0.717) is 18.0 Å². The van der Waals surface area contributed by atoms with E-state index in [2.05, 4.69) is 30.6 Å². The SMILES string of the molecule is CCN(CC)CC#CCOC(=O)C(O)c1ccccc1C1CCCCC1. The summed E-state index contributed by atoms with van der Waals surface area (Å²) in [6, 6.07) is 7.71. The minimum Gasteiger partial charge on any atom is -0.450 e. The average Bonchev–Trinajstić information content (AvgIpc) is 2.70. The van der Waals surface area contributed by atoms with Crippen LogP contribution >= 0.6 is 0 Å². The number of esters is 1. The molecule has 1 aliphatic carbocycles. The van der Waals surface area contributed by atoms with Crippen molar-refractivity contribution in [2.24, 2.45) is 0 Å². The number of aliphatic hydroxyl groups is 1. The molecule has 0 radical (unpaired) electrons. The van der Waals surface area contributed by atoms with Crippen LogP contribution in [0.5, 0.6) is 0 Å². The second-order valence-corrected chi connectivity index (χ2v) is 6.79. The Bertz CT molecular complexity index is 622. The number of ether oxygens (including phenoxy) is 1. The Morgan fingerprint density at radius 3 is 2.58 bits per heavy atom. The molecule has 2 rings (SSSR count). The molecule has 1 atom stereocenters. The molecule has 142 valence electrons. The van der Waals surface area contributed by atoms with Crippen molar-refractivity contribution in [2.75, 3.05) is 26.2 Å². The average molecular weight is 357 g/mol. The smallest absolute Gasteiger partial charge is 0.340 e. The van der Waals surface area contributed by atoms with Gasteiger partial charge in [-0.3, -0.25) is 4.90 Å². The van der Waals surface area contributed by atoms with Crippen molar-refractivity contribution in [1.29, 1.82) is 0 Å². The van der Waals surface area contributed by atoms with E-state index in [1.807, 2.05) is 24.3 Å². The highest BCUT2D eigenvalue weighted by Gasteiger charge is 2.25. The highest BCUT2D eigenvalue weighted by molar-refractivity contribution is 5.77. The first-order chi connectivity index (χ1) is 12.7. The van der Waals surface area contributed by atoms with Gasteiger partial charge in [0.15, 0.2) is 12.7 Å². The third-order valence-corrected chi connectivity index (χ3v) is 5.17. The van der Waals surface area contributed by atoms with E-state index in [9.17, 15) is 9.90 Å². The second kappa shape index (κ2) is 11.0. The molecule has 4 heteroatoms. The number of aliphatic hydroxyl groups excluding tert-OH is 1. The maximum absolute atomic E-state index is 12.2. The van der Waals surface area contributed by atoms with Crippen molar-refractivity contribution >= 4 is 5.97 Å². The normalized spacial score (nSPS) is 16.0. The number of rotatable bonds is 7. The zero-order chi connectivity index (χ0) is 18.8. The van der Waals surface area contributed by atoms with Crippen LogP contribution in [0.15, 0.2) is 24.3 Å². The number of carbonyl (C=O) groups is 1. The summed E-state index contributed by atoms with van der Waals surface area (Å²) < 4.78 is 5.17. The molecule has 1 saturated carbocycles. The van der Waals surface area contributed by atoms with Gasteiger partial charge in [0.05, 0.1) is 6.54 Å². The Hall–Kier alpha value is -1.83. The molecule has 0 aliphatic heterocycles. The predicted molar refractivity (Wildman–Crippen MR) is 104 cm³/mol. The second-order valence-electron chi connectivity index (χ2n) is 6.79. The van der Waals surface area contributed by atoms with Crippen LogP contribution in [0.2, 0.25) is 0 Å². The van der Waals surface area contributed by atoms with Gasteiger partial charge in [-0.05, 0) is 43.0 Å². The standard InChI is InChI=1S/C22H31NO3/c1-3-23(4-2)16-10-11-17-26-22(25)21(24)20-15-9-8-14-19(20)18-12-6-5-7-13-18/h8-9,14-15,18,21,24H,3-7,12-13,16-17H2,1-2H3. The lowest BCUT2D eigenvalue weighted by atomic mass is 9.81. The number of nitrogens with zero attached hydrogens (tertiary/aromatic N) is 1. The van der Waals surface area contributed by atoms with Crippen LogP contribution in [-0.2, 0) is 9.53 Å². The summed E-state index contributed by atoms with van der Waals surface area (Å²) in [6.07, 6.45) is 4.70. The van der Waals surface area contributed by atoms with Crippen LogP contribution in [0.4, 0.5) is 0 Å². The quantitative estimate of drug-likeness (QED) is 0.598. The van der Waals surface area contributed by atoms with Gasteiger partial charge in [-0.25, -0.2) is 4.79 Å². The fraction of sp³-hybridized carbons (Fsp3) is 0.591. The van der Waals surface area contributed by atoms with Crippen molar-refractivity contribution in [3.05, 3.63) is 35.4 Å². The lowest BCUT2D eigenvalue weighted by Crippen LogP contribution is -2.23. The van der Waals surface area contributed by atoms with Gasteiger partial charge in [0, 0.05) is 0 Å². The third-order valence-electron chi connectivity index (χ3n) is 5.17. The Labute approximate surface area is 157 Å². The van der Waals surface area contributed by atoms with Crippen molar-refractivity contribution in [2.45, 2.75) is 58.0 Å². The minimum atomic E-state index is -1.24. The van der Waals surface area contributed by atoms with E-state index in [-0.39, 0.29) is 6.61 Å². The van der Waals surface area contributed by atoms with E-state index in [0.717, 1.165) is 31.5 Å². The van der Waals surface area contributed by atoms with Gasteiger partial charge in [0.2, 0.25) is 0 Å². The zero-order valence-corrected chi connectivity index (χ0v) is 16.0. The van der Waals surface area contributed by atoms with E-state index in [1.165, 1.54) is 19.3 Å². The van der Waals surface area contributed by atoms with Crippen molar-refractivity contribution in [1.82, 2.24) is 4.90 Å². The van der Waals surface area contributed by atoms with Gasteiger partial charge in [0.25, 0.3) is 0 Å². The molecule has 0 saturated heterocycles. The summed E-state index contributed by atoms with van der Waals surface area (Å²) in [6.45, 7) is 6.75. The summed E-state index contributed by atoms with van der Waals surface area (Å²) >= 11 is 0. The van der Waals surface area contributed by atoms with E-state index in [4.69, 9.17) is 4.74 Å². The van der Waals surface area contributed by atoms with Crippen LogP contribution in [-0.4, -0.2) is 42.2 Å². The van der Waals surface area contributed by atoms with Crippen LogP contribution < -0.4 is 0 Å². The first kappa shape index (κ1) is 20.5. The maximum Gasteiger partial charge on any atom is 0.340 e. The number of hydrogen-bond donors (Lipinski definition) is 1. The summed E-state index contributed by atoms with van der Waals surface area (Å²) in [7, 11) is 0. The van der Waals surface area contributed by atoms with Crippen LogP contribution in [0, 0.1) is 11.8 Å². The largest absolute Gasteiger partial charge is 0.450 e. The van der Waals surface area contributed by atoms with Crippen LogP contribution in [0.3, 0.4) is 0 Å². The molecule has 0 aromatic heterocycles. The molecule has 1 aliphatic rings. The molecule has 1 aromatic rings. The maximum atomic E-state index is 12.2. The monoisotopic (exact) mass is 357 g/mol. The Morgan fingerprint density at radius 1 is 1.19 bits per heavy atom. The first-order valence-corrected chi connectivity index (χ1v) is 9.78. The molecule has 0 spiro atoms. The van der Waals surface area contributed by atoms with Gasteiger partial charge in [-0.1, -0.05) is 69.2 Å². The van der Waals surface area contributed by atoms with Gasteiger partial charge in [0.1, 0.15) is 0 Å². The number of carbonyl (C=O) groups excluding carboxylic acids is 1. The molecule has 0 amide bonds. The molecule has 0 heterocycles. The first-order valence-electron chi connectivity index (χ1n) is 9.78. The molecule has 26 heavy (non-hydrogen) atoms. The molecule has 1 N–H and O–H groups in total. The van der Waals surface area contributed by atoms with Crippen LogP contribution in [0.1, 0.15) is 69.1 Å². The summed E-state index contributed by atoms with van der Waals surface area (Å²) in [4.78, 5) is 14.4. The summed E-state index contributed by atoms with van der Waals surface area (Å²) in [5.74, 6) is 5.66. The Balaban J connectivity index is 1.93. The lowest BCUT2D eigenvalue weighted by Gasteiger charge is -2.25. The molecule has 0 bridgehead atoms. The molecule has 1 aromatic carbocycles. The number of benzene rings is 1. The molecule has 1 fully saturated rings. The van der Waals surface area contributed by atoms with Crippen molar-refractivity contribution in [3.8, 4) is 11.8 Å². The topological polar surface area (TPSA) is 49.8 Å². The third kappa shape index (κ3) is 5.86. The summed E-state index contributed by atoms with van der Waals surface area (Å²) in [5.41, 5.74) is 1.77. The zero-order valence-electron chi connectivity index (χ0n) is 16.0. The fourth-order valence-electron chi connectivity index (χ4n) is 3.52. The van der Waals surface area contributed by atoms with Crippen LogP contribution in [0.25, 0.3) is 0 Å². The predicted octanol–water partition coefficient (Wildman–Crippen LogP) is 3.66. The molecule has 4 nitrogen and oxygen atoms in total. The van der Waals surface area contributed by atoms with Gasteiger partial charge in [-0.15, -0.1) is 0 Å².